The van der Waals surface area contributed by atoms with Crippen LogP contribution in [0.25, 0.3) is 11.4 Å². The first kappa shape index (κ1) is 17.4. The van der Waals surface area contributed by atoms with Crippen LogP contribution in [0.4, 0.5) is 5.82 Å². The minimum atomic E-state index is 0.235. The van der Waals surface area contributed by atoms with Crippen LogP contribution in [-0.2, 0) is 17.8 Å². The Balaban J connectivity index is 1.94. The molecule has 3 rings (SSSR count). The second-order valence-electron chi connectivity index (χ2n) is 6.73. The Bertz CT molecular complexity index is 743. The van der Waals surface area contributed by atoms with Crippen molar-refractivity contribution in [3.05, 3.63) is 41.6 Å². The number of hydrogen-bond donors (Lipinski definition) is 0. The minimum absolute atomic E-state index is 0.235. The molecule has 0 bridgehead atoms. The highest BCUT2D eigenvalue weighted by atomic mass is 16.2. The zero-order valence-electron chi connectivity index (χ0n) is 15.3. The van der Waals surface area contributed by atoms with Gasteiger partial charge in [-0.2, -0.15) is 0 Å². The first-order chi connectivity index (χ1) is 12.1. The third-order valence-corrected chi connectivity index (χ3v) is 4.60. The van der Waals surface area contributed by atoms with Crippen molar-refractivity contribution >= 4 is 11.7 Å². The molecule has 0 unspecified atom stereocenters. The number of fused-ring (bicyclic) bond motifs is 1. The van der Waals surface area contributed by atoms with Crippen LogP contribution in [0.3, 0.4) is 0 Å². The van der Waals surface area contributed by atoms with E-state index in [-0.39, 0.29) is 5.91 Å². The maximum Gasteiger partial charge on any atom is 0.222 e. The van der Waals surface area contributed by atoms with Gasteiger partial charge in [0.1, 0.15) is 5.82 Å². The summed E-state index contributed by atoms with van der Waals surface area (Å²) in [5.41, 5.74) is 3.15. The van der Waals surface area contributed by atoms with Gasteiger partial charge in [0.25, 0.3) is 0 Å². The highest BCUT2D eigenvalue weighted by Gasteiger charge is 2.25. The van der Waals surface area contributed by atoms with Gasteiger partial charge in [-0.15, -0.1) is 0 Å². The molecule has 0 aliphatic carbocycles. The quantitative estimate of drug-likeness (QED) is 0.839. The minimum Gasteiger partial charge on any atom is -0.362 e. The fraction of sp³-hybridized carbons (Fsp3) is 0.450. The van der Waals surface area contributed by atoms with E-state index < -0.39 is 0 Å². The summed E-state index contributed by atoms with van der Waals surface area (Å²) < 4.78 is 0. The molecule has 1 aliphatic rings. The van der Waals surface area contributed by atoms with Crippen molar-refractivity contribution in [1.82, 2.24) is 14.9 Å². The summed E-state index contributed by atoms with van der Waals surface area (Å²) in [5, 5.41) is 0. The number of amides is 1. The average Bonchev–Trinajstić information content (AvgIpc) is 2.65. The van der Waals surface area contributed by atoms with Gasteiger partial charge in [-0.3, -0.25) is 4.79 Å². The van der Waals surface area contributed by atoms with Crippen LogP contribution in [-0.4, -0.2) is 41.4 Å². The SMILES string of the molecule is CCCCC(=O)N1CCc2c(nc(-c3ccccc3)nc2N(C)C)C1. The van der Waals surface area contributed by atoms with Crippen LogP contribution in [0.5, 0.6) is 0 Å². The Kier molecular flexibility index (Phi) is 5.31. The highest BCUT2D eigenvalue weighted by molar-refractivity contribution is 5.76. The van der Waals surface area contributed by atoms with E-state index in [4.69, 9.17) is 9.97 Å². The predicted molar refractivity (Wildman–Crippen MR) is 100 cm³/mol. The van der Waals surface area contributed by atoms with E-state index in [1.54, 1.807) is 0 Å². The van der Waals surface area contributed by atoms with Crippen molar-refractivity contribution in [3.8, 4) is 11.4 Å². The molecule has 25 heavy (non-hydrogen) atoms. The van der Waals surface area contributed by atoms with Gasteiger partial charge >= 0.3 is 0 Å². The molecule has 0 saturated carbocycles. The Morgan fingerprint density at radius 2 is 1.96 bits per heavy atom. The Morgan fingerprint density at radius 3 is 2.64 bits per heavy atom. The smallest absolute Gasteiger partial charge is 0.222 e. The van der Waals surface area contributed by atoms with Gasteiger partial charge in [0.05, 0.1) is 12.2 Å². The summed E-state index contributed by atoms with van der Waals surface area (Å²) >= 11 is 0. The lowest BCUT2D eigenvalue weighted by Crippen LogP contribution is -2.37. The van der Waals surface area contributed by atoms with Crippen molar-refractivity contribution < 1.29 is 4.79 Å². The zero-order valence-corrected chi connectivity index (χ0v) is 15.3. The molecule has 1 aromatic heterocycles. The van der Waals surface area contributed by atoms with Gasteiger partial charge in [-0.05, 0) is 12.8 Å². The van der Waals surface area contributed by atoms with Crippen LogP contribution in [0.2, 0.25) is 0 Å². The van der Waals surface area contributed by atoms with E-state index in [0.717, 1.165) is 48.7 Å². The Morgan fingerprint density at radius 1 is 1.20 bits per heavy atom. The molecule has 0 N–H and O–H groups in total. The van der Waals surface area contributed by atoms with Crippen molar-refractivity contribution in [2.45, 2.75) is 39.2 Å². The number of carbonyl (C=O) groups excluding carboxylic acids is 1. The molecule has 5 nitrogen and oxygen atoms in total. The molecule has 5 heteroatoms. The second-order valence-corrected chi connectivity index (χ2v) is 6.73. The van der Waals surface area contributed by atoms with E-state index in [2.05, 4.69) is 6.92 Å². The van der Waals surface area contributed by atoms with E-state index in [9.17, 15) is 4.79 Å². The van der Waals surface area contributed by atoms with Crippen LogP contribution in [0, 0.1) is 0 Å². The van der Waals surface area contributed by atoms with Crippen molar-refractivity contribution in [2.75, 3.05) is 25.5 Å². The van der Waals surface area contributed by atoms with Gasteiger partial charge in [0.2, 0.25) is 5.91 Å². The fourth-order valence-electron chi connectivity index (χ4n) is 3.20. The van der Waals surface area contributed by atoms with Crippen molar-refractivity contribution in [3.63, 3.8) is 0 Å². The number of unbranched alkanes of at least 4 members (excludes halogenated alkanes) is 1. The number of aromatic nitrogens is 2. The number of benzene rings is 1. The van der Waals surface area contributed by atoms with Crippen LogP contribution >= 0.6 is 0 Å². The molecule has 132 valence electrons. The average molecular weight is 338 g/mol. The Labute approximate surface area is 149 Å². The van der Waals surface area contributed by atoms with Crippen LogP contribution < -0.4 is 4.90 Å². The molecule has 2 heterocycles. The molecular formula is C20H26N4O. The lowest BCUT2D eigenvalue weighted by Gasteiger charge is -2.30. The topological polar surface area (TPSA) is 49.3 Å². The molecule has 1 aromatic carbocycles. The summed E-state index contributed by atoms with van der Waals surface area (Å²) in [7, 11) is 4.02. The Hall–Kier alpha value is -2.43. The number of nitrogens with zero attached hydrogens (tertiary/aromatic N) is 4. The van der Waals surface area contributed by atoms with Crippen molar-refractivity contribution in [2.24, 2.45) is 0 Å². The van der Waals surface area contributed by atoms with Gasteiger partial charge in [0, 0.05) is 38.2 Å². The number of carbonyl (C=O) groups is 1. The lowest BCUT2D eigenvalue weighted by atomic mass is 10.0. The maximum atomic E-state index is 12.4. The van der Waals surface area contributed by atoms with Crippen LogP contribution in [0.15, 0.2) is 30.3 Å². The summed E-state index contributed by atoms with van der Waals surface area (Å²) in [4.78, 5) is 26.0. The molecule has 2 aromatic rings. The summed E-state index contributed by atoms with van der Waals surface area (Å²) in [6.45, 7) is 3.45. The zero-order chi connectivity index (χ0) is 17.8. The number of anilines is 1. The monoisotopic (exact) mass is 338 g/mol. The molecule has 0 fully saturated rings. The summed E-state index contributed by atoms with van der Waals surface area (Å²) in [5.74, 6) is 1.93. The normalized spacial score (nSPS) is 13.5. The van der Waals surface area contributed by atoms with E-state index in [1.165, 1.54) is 5.56 Å². The molecule has 0 saturated heterocycles. The molecule has 1 amide bonds. The second kappa shape index (κ2) is 7.64. The molecule has 0 radical (unpaired) electrons. The maximum absolute atomic E-state index is 12.4. The van der Waals surface area contributed by atoms with Gasteiger partial charge < -0.3 is 9.80 Å². The fourth-order valence-corrected chi connectivity index (χ4v) is 3.20. The van der Waals surface area contributed by atoms with Gasteiger partial charge in [-0.25, -0.2) is 9.97 Å². The third-order valence-electron chi connectivity index (χ3n) is 4.60. The van der Waals surface area contributed by atoms with Gasteiger partial charge in [-0.1, -0.05) is 43.7 Å². The number of rotatable bonds is 5. The van der Waals surface area contributed by atoms with Crippen LogP contribution in [0.1, 0.15) is 37.4 Å². The van der Waals surface area contributed by atoms with E-state index in [0.29, 0.717) is 13.0 Å². The third kappa shape index (κ3) is 3.81. The first-order valence-corrected chi connectivity index (χ1v) is 9.00. The van der Waals surface area contributed by atoms with Crippen molar-refractivity contribution in [1.29, 1.82) is 0 Å². The van der Waals surface area contributed by atoms with E-state index in [1.807, 2.05) is 54.2 Å². The molecule has 1 aliphatic heterocycles. The summed E-state index contributed by atoms with van der Waals surface area (Å²) in [6, 6.07) is 10.0. The highest BCUT2D eigenvalue weighted by Crippen LogP contribution is 2.28. The first-order valence-electron chi connectivity index (χ1n) is 9.00. The van der Waals surface area contributed by atoms with E-state index >= 15 is 0 Å². The largest absolute Gasteiger partial charge is 0.362 e. The molecule has 0 spiro atoms. The van der Waals surface area contributed by atoms with Gasteiger partial charge in [0.15, 0.2) is 5.82 Å². The molecule has 0 atom stereocenters. The number of hydrogen-bond acceptors (Lipinski definition) is 4. The standard InChI is InChI=1S/C20H26N4O/c1-4-5-11-18(25)24-13-12-16-17(14-24)21-19(22-20(16)23(2)3)15-9-7-6-8-10-15/h6-10H,4-5,11-14H2,1-3H3. The lowest BCUT2D eigenvalue weighted by molar-refractivity contribution is -0.132. The molecular weight excluding hydrogens is 312 g/mol. The summed E-state index contributed by atoms with van der Waals surface area (Å²) in [6.07, 6.45) is 3.43. The predicted octanol–water partition coefficient (Wildman–Crippen LogP) is 3.28.